The third kappa shape index (κ3) is 6.38. The highest BCUT2D eigenvalue weighted by molar-refractivity contribution is 6.13. The van der Waals surface area contributed by atoms with Gasteiger partial charge in [0.1, 0.15) is 11.2 Å². The number of hydrogen-bond acceptors (Lipinski definition) is 2. The van der Waals surface area contributed by atoms with Gasteiger partial charge in [-0.1, -0.05) is 170 Å². The first-order valence-electron chi connectivity index (χ1n) is 21.5. The van der Waals surface area contributed by atoms with Gasteiger partial charge in [-0.3, -0.25) is 0 Å². The number of fused-ring (bicyclic) bond motifs is 6. The van der Waals surface area contributed by atoms with E-state index in [1.54, 1.807) is 0 Å². The first-order chi connectivity index (χ1) is 31.2. The molecular weight excluding hydrogens is 765 g/mol. The smallest absolute Gasteiger partial charge is 0.136 e. The summed E-state index contributed by atoms with van der Waals surface area (Å²) in [6, 6.07) is 87.1. The first-order valence-corrected chi connectivity index (χ1v) is 21.5. The standard InChI is InChI=1S/C60H40N2O/c1-2-16-41(17-3-1)43-18-12-19-44(38-43)45-20-13-22-48(39-45)61(49-23-14-21-46(40-49)51-28-15-33-59-60(51)54-27-7-11-32-58(54)63-59)47-36-34-42(35-37-47)50-24-4-8-29-55(50)62-56-30-9-5-25-52(56)53-26-6-10-31-57(53)62/h1-40H. The third-order valence-corrected chi connectivity index (χ3v) is 12.4. The Balaban J connectivity index is 0.998. The molecule has 0 N–H and O–H groups in total. The summed E-state index contributed by atoms with van der Waals surface area (Å²) in [6.45, 7) is 0. The maximum Gasteiger partial charge on any atom is 0.136 e. The maximum absolute atomic E-state index is 6.33. The highest BCUT2D eigenvalue weighted by atomic mass is 16.3. The molecule has 0 saturated carbocycles. The molecule has 0 unspecified atom stereocenters. The predicted molar refractivity (Wildman–Crippen MR) is 264 cm³/mol. The summed E-state index contributed by atoms with van der Waals surface area (Å²) in [5.74, 6) is 0. The van der Waals surface area contributed by atoms with Gasteiger partial charge in [0, 0.05) is 44.2 Å². The lowest BCUT2D eigenvalue weighted by Crippen LogP contribution is -2.10. The van der Waals surface area contributed by atoms with Crippen LogP contribution in [0.5, 0.6) is 0 Å². The molecule has 3 heteroatoms. The first kappa shape index (κ1) is 36.5. The Hall–Kier alpha value is -8.40. The Morgan fingerprint density at radius 1 is 0.302 bits per heavy atom. The number of rotatable bonds is 8. The van der Waals surface area contributed by atoms with E-state index in [2.05, 4.69) is 240 Å². The van der Waals surface area contributed by atoms with Gasteiger partial charge in [0.05, 0.1) is 16.7 Å². The van der Waals surface area contributed by atoms with E-state index in [9.17, 15) is 0 Å². The molecule has 0 bridgehead atoms. The minimum atomic E-state index is 0.887. The molecule has 2 heterocycles. The van der Waals surface area contributed by atoms with Crippen LogP contribution in [0.2, 0.25) is 0 Å². The van der Waals surface area contributed by atoms with Crippen LogP contribution in [0.15, 0.2) is 247 Å². The third-order valence-electron chi connectivity index (χ3n) is 12.4. The molecule has 3 nitrogen and oxygen atoms in total. The molecule has 296 valence electrons. The average molecular weight is 805 g/mol. The molecule has 0 aliphatic rings. The largest absolute Gasteiger partial charge is 0.456 e. The van der Waals surface area contributed by atoms with E-state index in [4.69, 9.17) is 4.42 Å². The van der Waals surface area contributed by atoms with Crippen molar-refractivity contribution in [2.24, 2.45) is 0 Å². The molecule has 0 aliphatic carbocycles. The molecule has 10 aromatic carbocycles. The molecular formula is C60H40N2O. The fourth-order valence-corrected chi connectivity index (χ4v) is 9.49. The lowest BCUT2D eigenvalue weighted by atomic mass is 9.97. The zero-order chi connectivity index (χ0) is 41.7. The topological polar surface area (TPSA) is 21.3 Å². The number of hydrogen-bond donors (Lipinski definition) is 0. The SMILES string of the molecule is c1ccc(-c2cccc(-c3cccc(N(c4ccc(-c5ccccc5-n5c6ccccc6c6ccccc65)cc4)c4cccc(-c5cccc6oc7ccccc7c56)c4)c3)c2)cc1. The molecule has 0 radical (unpaired) electrons. The summed E-state index contributed by atoms with van der Waals surface area (Å²) < 4.78 is 8.74. The van der Waals surface area contributed by atoms with Crippen LogP contribution in [0.25, 0.3) is 93.9 Å². The van der Waals surface area contributed by atoms with Gasteiger partial charge < -0.3 is 13.9 Å². The van der Waals surface area contributed by atoms with Crippen molar-refractivity contribution in [1.29, 1.82) is 0 Å². The van der Waals surface area contributed by atoms with E-state index < -0.39 is 0 Å². The molecule has 0 amide bonds. The van der Waals surface area contributed by atoms with Crippen LogP contribution in [-0.2, 0) is 0 Å². The summed E-state index contributed by atoms with van der Waals surface area (Å²) in [6.07, 6.45) is 0. The second-order valence-corrected chi connectivity index (χ2v) is 16.1. The number of para-hydroxylation sites is 4. The second kappa shape index (κ2) is 15.3. The predicted octanol–water partition coefficient (Wildman–Crippen LogP) is 16.8. The number of nitrogens with zero attached hydrogens (tertiary/aromatic N) is 2. The van der Waals surface area contributed by atoms with Crippen LogP contribution < -0.4 is 4.90 Å². The van der Waals surface area contributed by atoms with Crippen molar-refractivity contribution in [2.45, 2.75) is 0 Å². The van der Waals surface area contributed by atoms with Gasteiger partial charge in [-0.25, -0.2) is 0 Å². The van der Waals surface area contributed by atoms with Gasteiger partial charge in [0.15, 0.2) is 0 Å². The van der Waals surface area contributed by atoms with E-state index >= 15 is 0 Å². The van der Waals surface area contributed by atoms with Crippen molar-refractivity contribution in [3.8, 4) is 50.2 Å². The van der Waals surface area contributed by atoms with Crippen LogP contribution in [0, 0.1) is 0 Å². The number of anilines is 3. The Morgan fingerprint density at radius 3 is 1.56 bits per heavy atom. The van der Waals surface area contributed by atoms with Crippen molar-refractivity contribution in [1.82, 2.24) is 4.57 Å². The minimum absolute atomic E-state index is 0.887. The summed E-state index contributed by atoms with van der Waals surface area (Å²) in [5.41, 5.74) is 17.8. The summed E-state index contributed by atoms with van der Waals surface area (Å²) >= 11 is 0. The molecule has 0 fully saturated rings. The van der Waals surface area contributed by atoms with Crippen LogP contribution in [0.4, 0.5) is 17.1 Å². The van der Waals surface area contributed by atoms with E-state index in [0.717, 1.165) is 66.9 Å². The number of aromatic nitrogens is 1. The van der Waals surface area contributed by atoms with E-state index in [1.807, 2.05) is 12.1 Å². The monoisotopic (exact) mass is 804 g/mol. The van der Waals surface area contributed by atoms with Crippen molar-refractivity contribution in [3.05, 3.63) is 243 Å². The molecule has 2 aromatic heterocycles. The van der Waals surface area contributed by atoms with Gasteiger partial charge in [-0.2, -0.15) is 0 Å². The molecule has 0 atom stereocenters. The van der Waals surface area contributed by atoms with Crippen LogP contribution in [0.1, 0.15) is 0 Å². The van der Waals surface area contributed by atoms with Crippen molar-refractivity contribution in [2.75, 3.05) is 4.90 Å². The lowest BCUT2D eigenvalue weighted by Gasteiger charge is -2.27. The zero-order valence-electron chi connectivity index (χ0n) is 34.4. The van der Waals surface area contributed by atoms with E-state index in [1.165, 1.54) is 44.1 Å². The minimum Gasteiger partial charge on any atom is -0.456 e. The van der Waals surface area contributed by atoms with E-state index in [-0.39, 0.29) is 0 Å². The normalized spacial score (nSPS) is 11.5. The number of benzene rings is 10. The summed E-state index contributed by atoms with van der Waals surface area (Å²) in [5, 5.41) is 4.75. The van der Waals surface area contributed by atoms with Crippen molar-refractivity contribution < 1.29 is 4.42 Å². The zero-order valence-corrected chi connectivity index (χ0v) is 34.4. The Morgan fingerprint density at radius 2 is 0.810 bits per heavy atom. The molecule has 12 rings (SSSR count). The van der Waals surface area contributed by atoms with Gasteiger partial charge >= 0.3 is 0 Å². The second-order valence-electron chi connectivity index (χ2n) is 16.1. The molecule has 12 aromatic rings. The van der Waals surface area contributed by atoms with Gasteiger partial charge in [0.2, 0.25) is 0 Å². The van der Waals surface area contributed by atoms with Crippen LogP contribution >= 0.6 is 0 Å². The maximum atomic E-state index is 6.33. The summed E-state index contributed by atoms with van der Waals surface area (Å²) in [7, 11) is 0. The Bertz CT molecular complexity index is 3580. The fourth-order valence-electron chi connectivity index (χ4n) is 9.49. The van der Waals surface area contributed by atoms with Crippen molar-refractivity contribution in [3.63, 3.8) is 0 Å². The highest BCUT2D eigenvalue weighted by Gasteiger charge is 2.19. The highest BCUT2D eigenvalue weighted by Crippen LogP contribution is 2.43. The summed E-state index contributed by atoms with van der Waals surface area (Å²) in [4.78, 5) is 2.38. The molecule has 0 aliphatic heterocycles. The Labute approximate surface area is 366 Å². The lowest BCUT2D eigenvalue weighted by molar-refractivity contribution is 0.669. The molecule has 0 spiro atoms. The Kier molecular flexibility index (Phi) is 8.83. The average Bonchev–Trinajstić information content (AvgIpc) is 3.91. The molecule has 0 saturated heterocycles. The van der Waals surface area contributed by atoms with Gasteiger partial charge in [-0.15, -0.1) is 0 Å². The number of furan rings is 1. The van der Waals surface area contributed by atoms with Crippen LogP contribution in [-0.4, -0.2) is 4.57 Å². The van der Waals surface area contributed by atoms with E-state index in [0.29, 0.717) is 0 Å². The van der Waals surface area contributed by atoms with Crippen molar-refractivity contribution >= 4 is 60.8 Å². The van der Waals surface area contributed by atoms with Crippen LogP contribution in [0.3, 0.4) is 0 Å². The van der Waals surface area contributed by atoms with Gasteiger partial charge in [-0.05, 0) is 112 Å². The quantitative estimate of drug-likeness (QED) is 0.153. The molecule has 63 heavy (non-hydrogen) atoms. The van der Waals surface area contributed by atoms with Gasteiger partial charge in [0.25, 0.3) is 0 Å². The fraction of sp³-hybridized carbons (Fsp3) is 0.